The van der Waals surface area contributed by atoms with E-state index in [-0.39, 0.29) is 22.1 Å². The van der Waals surface area contributed by atoms with E-state index in [2.05, 4.69) is 5.16 Å². The number of nitrogens with zero attached hydrogens (tertiary/aromatic N) is 1. The molecule has 0 spiro atoms. The summed E-state index contributed by atoms with van der Waals surface area (Å²) in [5.74, 6) is -0.0205. The Balaban J connectivity index is 2.83. The standard InChI is InChI=1S/C10H7NO4/c12-7-1-2-9-8(3-7)10(13)6(4-11-14)5-15-9/h1-5,12,14H. The van der Waals surface area contributed by atoms with E-state index in [4.69, 9.17) is 9.62 Å². The molecular formula is C10H7NO4. The molecule has 2 rings (SSSR count). The summed E-state index contributed by atoms with van der Waals surface area (Å²) in [7, 11) is 0. The van der Waals surface area contributed by atoms with Crippen LogP contribution in [-0.2, 0) is 0 Å². The Labute approximate surface area is 83.9 Å². The van der Waals surface area contributed by atoms with Crippen LogP contribution in [0.1, 0.15) is 5.56 Å². The van der Waals surface area contributed by atoms with Gasteiger partial charge in [0.05, 0.1) is 17.2 Å². The molecule has 0 saturated heterocycles. The molecule has 1 heterocycles. The second-order valence-electron chi connectivity index (χ2n) is 2.95. The van der Waals surface area contributed by atoms with Crippen LogP contribution in [0.15, 0.2) is 38.8 Å². The normalized spacial score (nSPS) is 11.2. The van der Waals surface area contributed by atoms with Gasteiger partial charge in [0.15, 0.2) is 0 Å². The van der Waals surface area contributed by atoms with Crippen LogP contribution in [0.25, 0.3) is 11.0 Å². The minimum Gasteiger partial charge on any atom is -0.508 e. The lowest BCUT2D eigenvalue weighted by atomic mass is 10.2. The van der Waals surface area contributed by atoms with E-state index in [0.717, 1.165) is 6.21 Å². The first kappa shape index (κ1) is 9.26. The van der Waals surface area contributed by atoms with Gasteiger partial charge in [-0.1, -0.05) is 5.16 Å². The molecule has 0 fully saturated rings. The molecule has 0 amide bonds. The van der Waals surface area contributed by atoms with Crippen molar-refractivity contribution >= 4 is 17.2 Å². The van der Waals surface area contributed by atoms with E-state index < -0.39 is 0 Å². The van der Waals surface area contributed by atoms with E-state index in [9.17, 15) is 9.90 Å². The highest BCUT2D eigenvalue weighted by molar-refractivity contribution is 5.86. The Kier molecular flexibility index (Phi) is 2.13. The molecule has 0 aliphatic heterocycles. The van der Waals surface area contributed by atoms with Crippen molar-refractivity contribution in [3.05, 3.63) is 40.2 Å². The molecule has 1 aromatic carbocycles. The molecule has 5 nitrogen and oxygen atoms in total. The number of benzene rings is 1. The fourth-order valence-electron chi connectivity index (χ4n) is 1.29. The zero-order chi connectivity index (χ0) is 10.8. The predicted molar refractivity (Wildman–Crippen MR) is 53.5 cm³/mol. The lowest BCUT2D eigenvalue weighted by molar-refractivity contribution is 0.321. The van der Waals surface area contributed by atoms with Crippen molar-refractivity contribution in [2.24, 2.45) is 5.16 Å². The molecule has 0 atom stereocenters. The number of aromatic hydroxyl groups is 1. The van der Waals surface area contributed by atoms with Crippen LogP contribution in [0.2, 0.25) is 0 Å². The summed E-state index contributed by atoms with van der Waals surface area (Å²) in [6, 6.07) is 4.22. The topological polar surface area (TPSA) is 83.0 Å². The average molecular weight is 205 g/mol. The fourth-order valence-corrected chi connectivity index (χ4v) is 1.29. The first-order valence-electron chi connectivity index (χ1n) is 4.14. The number of hydrogen-bond donors (Lipinski definition) is 2. The van der Waals surface area contributed by atoms with Gasteiger partial charge in [0, 0.05) is 0 Å². The third-order valence-corrected chi connectivity index (χ3v) is 1.98. The van der Waals surface area contributed by atoms with E-state index in [1.807, 2.05) is 0 Å². The van der Waals surface area contributed by atoms with Crippen LogP contribution in [0, 0.1) is 0 Å². The maximum absolute atomic E-state index is 11.7. The average Bonchev–Trinajstić information content (AvgIpc) is 2.23. The van der Waals surface area contributed by atoms with Crippen LogP contribution in [0.3, 0.4) is 0 Å². The van der Waals surface area contributed by atoms with E-state index in [1.165, 1.54) is 24.5 Å². The molecule has 0 aliphatic carbocycles. The zero-order valence-electron chi connectivity index (χ0n) is 7.54. The van der Waals surface area contributed by atoms with Crippen molar-refractivity contribution in [3.8, 4) is 5.75 Å². The molecule has 2 aromatic rings. The Morgan fingerprint density at radius 3 is 2.93 bits per heavy atom. The highest BCUT2D eigenvalue weighted by Crippen LogP contribution is 2.16. The maximum atomic E-state index is 11.7. The van der Waals surface area contributed by atoms with Crippen LogP contribution >= 0.6 is 0 Å². The molecule has 5 heteroatoms. The van der Waals surface area contributed by atoms with Crippen molar-refractivity contribution in [2.75, 3.05) is 0 Å². The van der Waals surface area contributed by atoms with Gasteiger partial charge in [0.2, 0.25) is 5.43 Å². The molecule has 0 saturated carbocycles. The number of rotatable bonds is 1. The molecule has 2 N–H and O–H groups in total. The smallest absolute Gasteiger partial charge is 0.201 e. The molecule has 15 heavy (non-hydrogen) atoms. The van der Waals surface area contributed by atoms with Gasteiger partial charge in [-0.3, -0.25) is 4.79 Å². The van der Waals surface area contributed by atoms with Crippen LogP contribution in [0.4, 0.5) is 0 Å². The molecule has 0 aliphatic rings. The summed E-state index contributed by atoms with van der Waals surface area (Å²) in [6.07, 6.45) is 2.18. The van der Waals surface area contributed by atoms with E-state index in [0.29, 0.717) is 5.58 Å². The Hall–Kier alpha value is -2.30. The highest BCUT2D eigenvalue weighted by atomic mass is 16.4. The van der Waals surface area contributed by atoms with Gasteiger partial charge in [-0.2, -0.15) is 0 Å². The number of hydrogen-bond acceptors (Lipinski definition) is 5. The van der Waals surface area contributed by atoms with Crippen LogP contribution < -0.4 is 5.43 Å². The van der Waals surface area contributed by atoms with Crippen molar-refractivity contribution < 1.29 is 14.7 Å². The summed E-state index contributed by atoms with van der Waals surface area (Å²) < 4.78 is 5.12. The Bertz CT molecular complexity index is 585. The number of phenols is 1. The van der Waals surface area contributed by atoms with Gasteiger partial charge < -0.3 is 14.7 Å². The van der Waals surface area contributed by atoms with Crippen molar-refractivity contribution in [2.45, 2.75) is 0 Å². The van der Waals surface area contributed by atoms with Crippen LogP contribution in [-0.4, -0.2) is 16.5 Å². The molecular weight excluding hydrogens is 198 g/mol. The van der Waals surface area contributed by atoms with E-state index >= 15 is 0 Å². The minimum absolute atomic E-state index is 0.0205. The predicted octanol–water partition coefficient (Wildman–Crippen LogP) is 1.31. The third kappa shape index (κ3) is 1.54. The molecule has 0 unspecified atom stereocenters. The molecule has 0 radical (unpaired) electrons. The first-order chi connectivity index (χ1) is 7.22. The molecule has 76 valence electrons. The number of oxime groups is 1. The first-order valence-corrected chi connectivity index (χ1v) is 4.14. The Morgan fingerprint density at radius 1 is 1.40 bits per heavy atom. The molecule has 0 bridgehead atoms. The maximum Gasteiger partial charge on any atom is 0.201 e. The third-order valence-electron chi connectivity index (χ3n) is 1.98. The summed E-state index contributed by atoms with van der Waals surface area (Å²) >= 11 is 0. The second kappa shape index (κ2) is 3.45. The number of phenolic OH excluding ortho intramolecular Hbond substituents is 1. The highest BCUT2D eigenvalue weighted by Gasteiger charge is 2.05. The van der Waals surface area contributed by atoms with E-state index in [1.54, 1.807) is 0 Å². The summed E-state index contributed by atoms with van der Waals surface area (Å²) in [4.78, 5) is 11.7. The SMILES string of the molecule is O=c1c(C=NO)coc2ccc(O)cc12. The quantitative estimate of drug-likeness (QED) is 0.417. The van der Waals surface area contributed by atoms with Gasteiger partial charge in [0.25, 0.3) is 0 Å². The van der Waals surface area contributed by atoms with Gasteiger partial charge in [0.1, 0.15) is 17.6 Å². The van der Waals surface area contributed by atoms with Gasteiger partial charge in [-0.05, 0) is 18.2 Å². The van der Waals surface area contributed by atoms with Crippen molar-refractivity contribution in [1.82, 2.24) is 0 Å². The largest absolute Gasteiger partial charge is 0.508 e. The summed E-state index contributed by atoms with van der Waals surface area (Å²) in [5.41, 5.74) is 0.133. The monoisotopic (exact) mass is 205 g/mol. The summed E-state index contributed by atoms with van der Waals surface area (Å²) in [5, 5.41) is 20.5. The zero-order valence-corrected chi connectivity index (χ0v) is 7.54. The van der Waals surface area contributed by atoms with Gasteiger partial charge >= 0.3 is 0 Å². The summed E-state index contributed by atoms with van der Waals surface area (Å²) in [6.45, 7) is 0. The number of fused-ring (bicyclic) bond motifs is 1. The van der Waals surface area contributed by atoms with Crippen molar-refractivity contribution in [1.29, 1.82) is 0 Å². The fraction of sp³-hybridized carbons (Fsp3) is 0. The van der Waals surface area contributed by atoms with Crippen LogP contribution in [0.5, 0.6) is 5.75 Å². The molecule has 1 aromatic heterocycles. The van der Waals surface area contributed by atoms with Gasteiger partial charge in [-0.25, -0.2) is 0 Å². The second-order valence-corrected chi connectivity index (χ2v) is 2.95. The van der Waals surface area contributed by atoms with Crippen molar-refractivity contribution in [3.63, 3.8) is 0 Å². The van der Waals surface area contributed by atoms with Gasteiger partial charge in [-0.15, -0.1) is 0 Å². The lowest BCUT2D eigenvalue weighted by Crippen LogP contribution is -2.07. The Morgan fingerprint density at radius 2 is 2.20 bits per heavy atom. The minimum atomic E-state index is -0.357. The lowest BCUT2D eigenvalue weighted by Gasteiger charge is -1.98.